The lowest BCUT2D eigenvalue weighted by atomic mass is 9.92. The highest BCUT2D eigenvalue weighted by atomic mass is 16.5. The molecule has 178 valence electrons. The molecule has 1 atom stereocenters. The summed E-state index contributed by atoms with van der Waals surface area (Å²) >= 11 is 0. The smallest absolute Gasteiger partial charge is 0.306 e. The summed E-state index contributed by atoms with van der Waals surface area (Å²) in [7, 11) is 2.68. The van der Waals surface area contributed by atoms with Crippen LogP contribution in [0.3, 0.4) is 0 Å². The second-order valence-corrected chi connectivity index (χ2v) is 8.28. The number of hydrogen-bond acceptors (Lipinski definition) is 8. The molecule has 0 radical (unpaired) electrons. The summed E-state index contributed by atoms with van der Waals surface area (Å²) in [5, 5.41) is 20.8. The third-order valence-electron chi connectivity index (χ3n) is 6.11. The fourth-order valence-corrected chi connectivity index (χ4v) is 4.31. The number of carbonyl (C=O) groups is 1. The minimum absolute atomic E-state index is 0.0464. The molecule has 2 N–H and O–H groups in total. The minimum Gasteiger partial charge on any atom is -0.504 e. The van der Waals surface area contributed by atoms with Gasteiger partial charge in [-0.2, -0.15) is 0 Å². The Bertz CT molecular complexity index is 1250. The molecule has 34 heavy (non-hydrogen) atoms. The Hall–Kier alpha value is -3.78. The van der Waals surface area contributed by atoms with Gasteiger partial charge in [-0.25, -0.2) is 0 Å². The number of rotatable bonds is 7. The van der Waals surface area contributed by atoms with Gasteiger partial charge in [0, 0.05) is 19.2 Å². The van der Waals surface area contributed by atoms with Crippen molar-refractivity contribution in [2.24, 2.45) is 0 Å². The van der Waals surface area contributed by atoms with Crippen LogP contribution in [0.4, 0.5) is 0 Å². The topological polar surface area (TPSA) is 109 Å². The quantitative estimate of drug-likeness (QED) is 0.512. The summed E-state index contributed by atoms with van der Waals surface area (Å²) in [5.74, 6) is -1.53. The van der Waals surface area contributed by atoms with Crippen molar-refractivity contribution in [1.82, 2.24) is 4.90 Å². The first-order valence-electron chi connectivity index (χ1n) is 11.0. The number of methoxy groups -OCH3 is 2. The molecule has 1 aliphatic heterocycles. The van der Waals surface area contributed by atoms with E-state index in [-0.39, 0.29) is 23.7 Å². The Kier molecular flexibility index (Phi) is 6.88. The van der Waals surface area contributed by atoms with E-state index in [0.717, 1.165) is 13.0 Å². The Morgan fingerprint density at radius 1 is 1.12 bits per heavy atom. The van der Waals surface area contributed by atoms with E-state index < -0.39 is 23.1 Å². The number of ether oxygens (including phenoxy) is 2. The average Bonchev–Trinajstić information content (AvgIpc) is 2.84. The van der Waals surface area contributed by atoms with Gasteiger partial charge in [-0.3, -0.25) is 14.5 Å². The van der Waals surface area contributed by atoms with Crippen molar-refractivity contribution in [3.63, 3.8) is 0 Å². The fraction of sp³-hybridized carbons (Fsp3) is 0.308. The first-order valence-corrected chi connectivity index (χ1v) is 11.0. The van der Waals surface area contributed by atoms with Crippen LogP contribution in [-0.4, -0.2) is 41.8 Å². The summed E-state index contributed by atoms with van der Waals surface area (Å²) < 4.78 is 15.9. The number of esters is 1. The van der Waals surface area contributed by atoms with Gasteiger partial charge in [0.05, 0.1) is 33.1 Å². The van der Waals surface area contributed by atoms with E-state index in [1.54, 1.807) is 12.1 Å². The molecule has 8 nitrogen and oxygen atoms in total. The number of benzene rings is 2. The van der Waals surface area contributed by atoms with Crippen LogP contribution in [0.1, 0.15) is 40.5 Å². The highest BCUT2D eigenvalue weighted by Crippen LogP contribution is 2.37. The van der Waals surface area contributed by atoms with Crippen molar-refractivity contribution in [2.45, 2.75) is 31.8 Å². The van der Waals surface area contributed by atoms with Gasteiger partial charge in [-0.1, -0.05) is 30.3 Å². The molecule has 2 heterocycles. The van der Waals surface area contributed by atoms with Gasteiger partial charge < -0.3 is 24.1 Å². The Balaban J connectivity index is 1.68. The van der Waals surface area contributed by atoms with Crippen molar-refractivity contribution >= 4 is 5.97 Å². The average molecular weight is 466 g/mol. The summed E-state index contributed by atoms with van der Waals surface area (Å²) in [6.07, 6.45) is 0.695. The lowest BCUT2D eigenvalue weighted by molar-refractivity contribution is -0.140. The number of aromatic hydroxyl groups is 2. The van der Waals surface area contributed by atoms with Crippen LogP contribution in [0, 0.1) is 0 Å². The van der Waals surface area contributed by atoms with Crippen LogP contribution in [0.25, 0.3) is 0 Å². The molecule has 2 aromatic carbocycles. The lowest BCUT2D eigenvalue weighted by Crippen LogP contribution is -2.30. The monoisotopic (exact) mass is 465 g/mol. The molecule has 0 fully saturated rings. The van der Waals surface area contributed by atoms with Crippen molar-refractivity contribution in [1.29, 1.82) is 0 Å². The Morgan fingerprint density at radius 2 is 1.88 bits per heavy atom. The van der Waals surface area contributed by atoms with Crippen molar-refractivity contribution in [3.05, 3.63) is 87.0 Å². The predicted molar refractivity (Wildman–Crippen MR) is 124 cm³/mol. The maximum absolute atomic E-state index is 12.6. The zero-order valence-electron chi connectivity index (χ0n) is 19.1. The predicted octanol–water partition coefficient (Wildman–Crippen LogP) is 3.31. The molecule has 0 saturated carbocycles. The maximum atomic E-state index is 12.6. The van der Waals surface area contributed by atoms with E-state index in [1.807, 2.05) is 12.1 Å². The van der Waals surface area contributed by atoms with Gasteiger partial charge in [-0.15, -0.1) is 0 Å². The molecular formula is C26H27NO7. The molecule has 8 heteroatoms. The highest BCUT2D eigenvalue weighted by molar-refractivity contribution is 5.71. The molecular weight excluding hydrogens is 438 g/mol. The van der Waals surface area contributed by atoms with Crippen LogP contribution in [0.5, 0.6) is 17.2 Å². The number of carbonyl (C=O) groups excluding carboxylic acids is 1. The molecule has 1 aromatic heterocycles. The molecule has 0 aliphatic carbocycles. The summed E-state index contributed by atoms with van der Waals surface area (Å²) in [4.78, 5) is 27.0. The van der Waals surface area contributed by atoms with Crippen LogP contribution < -0.4 is 10.2 Å². The molecule has 1 aliphatic rings. The van der Waals surface area contributed by atoms with Crippen LogP contribution >= 0.6 is 0 Å². The van der Waals surface area contributed by atoms with Gasteiger partial charge in [-0.05, 0) is 35.2 Å². The normalized spacial score (nSPS) is 14.3. The third-order valence-corrected chi connectivity index (χ3v) is 6.11. The van der Waals surface area contributed by atoms with Gasteiger partial charge in [0.1, 0.15) is 5.76 Å². The summed E-state index contributed by atoms with van der Waals surface area (Å²) in [6.45, 7) is 1.89. The van der Waals surface area contributed by atoms with E-state index in [9.17, 15) is 19.8 Å². The molecule has 0 saturated heterocycles. The molecule has 3 aromatic rings. The van der Waals surface area contributed by atoms with Gasteiger partial charge >= 0.3 is 5.97 Å². The van der Waals surface area contributed by atoms with Crippen molar-refractivity contribution in [2.75, 3.05) is 20.8 Å². The van der Waals surface area contributed by atoms with E-state index in [4.69, 9.17) is 13.9 Å². The first-order chi connectivity index (χ1) is 16.4. The number of phenolic OH excluding ortho intramolecular Hbond substituents is 1. The number of nitrogens with zero attached hydrogens (tertiary/aromatic N) is 1. The van der Waals surface area contributed by atoms with Crippen LogP contribution in [-0.2, 0) is 29.0 Å². The lowest BCUT2D eigenvalue weighted by Gasteiger charge is -2.28. The second-order valence-electron chi connectivity index (χ2n) is 8.28. The summed E-state index contributed by atoms with van der Waals surface area (Å²) in [6, 6.07) is 14.1. The number of fused-ring (bicyclic) bond motifs is 1. The van der Waals surface area contributed by atoms with Crippen molar-refractivity contribution < 1.29 is 28.9 Å². The SMILES string of the molecule is COC(=O)CC(c1ccc(OC)c(O)c1)c1oc(CN2CCc3ccccc3C2)cc(=O)c1O. The van der Waals surface area contributed by atoms with E-state index in [1.165, 1.54) is 37.5 Å². The standard InChI is InChI=1S/C26H27NO7/c1-32-23-8-7-17(11-21(23)28)20(13-24(30)33-2)26-25(31)22(29)12-19(34-26)15-27-10-9-16-5-3-4-6-18(16)14-27/h3-8,11-12,20,28,31H,9-10,13-15H2,1-2H3. The highest BCUT2D eigenvalue weighted by Gasteiger charge is 2.28. The van der Waals surface area contributed by atoms with Gasteiger partial charge in [0.25, 0.3) is 0 Å². The largest absolute Gasteiger partial charge is 0.504 e. The zero-order valence-corrected chi connectivity index (χ0v) is 19.1. The van der Waals surface area contributed by atoms with Gasteiger partial charge in [0.15, 0.2) is 17.3 Å². The minimum atomic E-state index is -0.848. The second kappa shape index (κ2) is 10.0. The molecule has 0 spiro atoms. The van der Waals surface area contributed by atoms with E-state index in [2.05, 4.69) is 17.0 Å². The van der Waals surface area contributed by atoms with Crippen LogP contribution in [0.15, 0.2) is 57.7 Å². The number of hydrogen-bond donors (Lipinski definition) is 2. The van der Waals surface area contributed by atoms with Crippen molar-refractivity contribution in [3.8, 4) is 17.2 Å². The Morgan fingerprint density at radius 3 is 2.59 bits per heavy atom. The molecule has 4 rings (SSSR count). The number of phenols is 1. The van der Waals surface area contributed by atoms with Gasteiger partial charge in [0.2, 0.25) is 11.2 Å². The molecule has 0 bridgehead atoms. The van der Waals surface area contributed by atoms with E-state index >= 15 is 0 Å². The third kappa shape index (κ3) is 4.92. The Labute approximate surface area is 197 Å². The zero-order chi connectivity index (χ0) is 24.2. The first kappa shape index (κ1) is 23.4. The maximum Gasteiger partial charge on any atom is 0.306 e. The summed E-state index contributed by atoms with van der Waals surface area (Å²) in [5.41, 5.74) is 2.41. The van der Waals surface area contributed by atoms with E-state index in [0.29, 0.717) is 24.4 Å². The van der Waals surface area contributed by atoms with Crippen LogP contribution in [0.2, 0.25) is 0 Å². The fourth-order valence-electron chi connectivity index (χ4n) is 4.31. The molecule has 0 amide bonds. The molecule has 1 unspecified atom stereocenters.